The number of pyridine rings is 1. The van der Waals surface area contributed by atoms with Crippen LogP contribution in [0.15, 0.2) is 42.6 Å². The second kappa shape index (κ2) is 10.8. The fraction of sp³-hybridized carbons (Fsp3) is 0.333. The number of halogens is 5. The van der Waals surface area contributed by atoms with Crippen molar-refractivity contribution in [2.75, 3.05) is 20.3 Å². The molecule has 2 aromatic carbocycles. The third kappa shape index (κ3) is 5.12. The Labute approximate surface area is 264 Å². The lowest BCUT2D eigenvalue weighted by Gasteiger charge is -2.31. The Morgan fingerprint density at radius 1 is 1.24 bits per heavy atom. The quantitative estimate of drug-likeness (QED) is 0.239. The summed E-state index contributed by atoms with van der Waals surface area (Å²) in [5.41, 5.74) is -0.237. The fourth-order valence-corrected chi connectivity index (χ4v) is 5.64. The molecule has 15 heteroatoms. The summed E-state index contributed by atoms with van der Waals surface area (Å²) in [7, 11) is 1.39. The van der Waals surface area contributed by atoms with Crippen LogP contribution in [-0.4, -0.2) is 58.1 Å². The van der Waals surface area contributed by atoms with Gasteiger partial charge < -0.3 is 25.6 Å². The number of alkyl halides is 3. The molecule has 1 aliphatic heterocycles. The van der Waals surface area contributed by atoms with Crippen LogP contribution in [0.25, 0.3) is 22.2 Å². The van der Waals surface area contributed by atoms with Crippen LogP contribution in [0.2, 0.25) is 10.0 Å². The van der Waals surface area contributed by atoms with E-state index in [-0.39, 0.29) is 56.6 Å². The molecular weight excluding hydrogens is 638 g/mol. The van der Waals surface area contributed by atoms with Gasteiger partial charge in [-0.15, -0.1) is 0 Å². The van der Waals surface area contributed by atoms with Gasteiger partial charge in [0.25, 0.3) is 5.91 Å². The van der Waals surface area contributed by atoms with Gasteiger partial charge in [-0.25, -0.2) is 4.98 Å². The second-order valence-corrected chi connectivity index (χ2v) is 12.1. The average molecular weight is 664 g/mol. The molecule has 0 bridgehead atoms. The first-order valence-corrected chi connectivity index (χ1v) is 14.5. The van der Waals surface area contributed by atoms with Gasteiger partial charge in [0.1, 0.15) is 34.7 Å². The molecule has 0 saturated heterocycles. The molecule has 2 aromatic heterocycles. The number of carbonyl (C=O) groups is 2. The summed E-state index contributed by atoms with van der Waals surface area (Å²) >= 11 is 12.6. The van der Waals surface area contributed by atoms with Crippen molar-refractivity contribution in [3.63, 3.8) is 0 Å². The average Bonchev–Trinajstić information content (AvgIpc) is 3.66. The molecule has 2 atom stereocenters. The molecule has 1 saturated carbocycles. The summed E-state index contributed by atoms with van der Waals surface area (Å²) in [4.78, 5) is 29.9. The van der Waals surface area contributed by atoms with Crippen LogP contribution < -0.4 is 20.5 Å². The highest BCUT2D eigenvalue weighted by molar-refractivity contribution is 6.43. The maximum absolute atomic E-state index is 14.8. The molecule has 4 N–H and O–H groups in total. The standard InChI is InChI=1S/C30H26Cl2F3N5O5/c1-28(27(36)42)13-45-25-18(28)10-21(38-24(25)17-4-3-5-19(31)22(17)32)29(43,30(33,34)35)12-37-26(41)14-8-15-11-40(16-6-7-16)39-23(15)20(9-14)44-2/h3-5,8-11,16,43H,6-7,12-13H2,1-2H3,(H2,36,42)(H,37,41)/t28-,29?/m0/s1. The second-order valence-electron chi connectivity index (χ2n) is 11.3. The number of nitrogens with one attached hydrogen (secondary N) is 1. The largest absolute Gasteiger partial charge is 0.494 e. The van der Waals surface area contributed by atoms with Crippen molar-refractivity contribution in [2.24, 2.45) is 5.73 Å². The molecule has 45 heavy (non-hydrogen) atoms. The monoisotopic (exact) mass is 663 g/mol. The van der Waals surface area contributed by atoms with Crippen LogP contribution in [0.5, 0.6) is 11.5 Å². The zero-order valence-corrected chi connectivity index (χ0v) is 25.3. The number of benzene rings is 2. The van der Waals surface area contributed by atoms with Crippen molar-refractivity contribution in [2.45, 2.75) is 43.0 Å². The van der Waals surface area contributed by atoms with E-state index in [2.05, 4.69) is 15.4 Å². The first-order chi connectivity index (χ1) is 21.2. The molecule has 1 unspecified atom stereocenters. The molecular formula is C30H26Cl2F3N5O5. The van der Waals surface area contributed by atoms with E-state index in [1.807, 2.05) is 0 Å². The molecule has 2 aliphatic rings. The van der Waals surface area contributed by atoms with Crippen molar-refractivity contribution < 1.29 is 37.3 Å². The number of hydrogen-bond acceptors (Lipinski definition) is 7. The van der Waals surface area contributed by atoms with Crippen molar-refractivity contribution in [3.05, 3.63) is 69.5 Å². The lowest BCUT2D eigenvalue weighted by molar-refractivity contribution is -0.265. The van der Waals surface area contributed by atoms with Crippen LogP contribution in [-0.2, 0) is 15.8 Å². The van der Waals surface area contributed by atoms with Gasteiger partial charge in [0, 0.05) is 28.3 Å². The molecule has 6 rings (SSSR count). The Bertz CT molecular complexity index is 1880. The summed E-state index contributed by atoms with van der Waals surface area (Å²) in [6.07, 6.45) is -1.68. The van der Waals surface area contributed by atoms with Crippen LogP contribution in [0.4, 0.5) is 13.2 Å². The van der Waals surface area contributed by atoms with E-state index >= 15 is 0 Å². The van der Waals surface area contributed by atoms with E-state index in [9.17, 15) is 27.9 Å². The molecule has 10 nitrogen and oxygen atoms in total. The highest BCUT2D eigenvalue weighted by Crippen LogP contribution is 2.49. The van der Waals surface area contributed by atoms with E-state index in [4.69, 9.17) is 38.4 Å². The molecule has 1 aliphatic carbocycles. The van der Waals surface area contributed by atoms with E-state index < -0.39 is 41.2 Å². The zero-order valence-electron chi connectivity index (χ0n) is 23.8. The maximum Gasteiger partial charge on any atom is 0.424 e. The Balaban J connectivity index is 1.42. The summed E-state index contributed by atoms with van der Waals surface area (Å²) in [6, 6.07) is 8.42. The number of methoxy groups -OCH3 is 1. The Hall–Kier alpha value is -4.07. The van der Waals surface area contributed by atoms with Gasteiger partial charge in [-0.3, -0.25) is 14.3 Å². The third-order valence-electron chi connectivity index (χ3n) is 8.22. The summed E-state index contributed by atoms with van der Waals surface area (Å²) in [6.45, 7) is -0.228. The zero-order chi connectivity index (χ0) is 32.5. The molecule has 4 aromatic rings. The van der Waals surface area contributed by atoms with Crippen LogP contribution in [0.3, 0.4) is 0 Å². The number of nitrogens with two attached hydrogens (primary N) is 1. The molecule has 0 radical (unpaired) electrons. The minimum atomic E-state index is -5.35. The van der Waals surface area contributed by atoms with Gasteiger partial charge in [-0.2, -0.15) is 18.3 Å². The van der Waals surface area contributed by atoms with Crippen LogP contribution >= 0.6 is 23.2 Å². The molecule has 0 spiro atoms. The minimum Gasteiger partial charge on any atom is -0.494 e. The number of rotatable bonds is 8. The Morgan fingerprint density at radius 3 is 2.62 bits per heavy atom. The maximum atomic E-state index is 14.8. The predicted octanol–water partition coefficient (Wildman–Crippen LogP) is 5.06. The number of primary amides is 1. The third-order valence-corrected chi connectivity index (χ3v) is 9.03. The van der Waals surface area contributed by atoms with Gasteiger partial charge in [0.05, 0.1) is 35.4 Å². The van der Waals surface area contributed by atoms with Crippen LogP contribution in [0, 0.1) is 0 Å². The highest BCUT2D eigenvalue weighted by Gasteiger charge is 2.58. The van der Waals surface area contributed by atoms with Crippen molar-refractivity contribution in [1.29, 1.82) is 0 Å². The van der Waals surface area contributed by atoms with Crippen molar-refractivity contribution in [1.82, 2.24) is 20.1 Å². The predicted molar refractivity (Wildman–Crippen MR) is 159 cm³/mol. The number of aromatic nitrogens is 3. The first-order valence-electron chi connectivity index (χ1n) is 13.7. The van der Waals surface area contributed by atoms with E-state index in [0.29, 0.717) is 10.9 Å². The minimum absolute atomic E-state index is 0.0118. The van der Waals surface area contributed by atoms with Crippen molar-refractivity contribution in [3.8, 4) is 22.8 Å². The fourth-order valence-electron chi connectivity index (χ4n) is 5.25. The SMILES string of the molecule is COc1cc(C(=O)NCC(O)(c2cc3c(c(-c4cccc(Cl)c4Cl)n2)OC[C@]3(C)C(N)=O)C(F)(F)F)cc2cn(C3CC3)nc12. The van der Waals surface area contributed by atoms with Crippen LogP contribution in [0.1, 0.15) is 47.4 Å². The van der Waals surface area contributed by atoms with E-state index in [1.165, 1.54) is 44.4 Å². The van der Waals surface area contributed by atoms with Gasteiger partial charge in [-0.1, -0.05) is 35.3 Å². The lowest BCUT2D eigenvalue weighted by atomic mass is 9.81. The smallest absolute Gasteiger partial charge is 0.424 e. The number of amides is 2. The van der Waals surface area contributed by atoms with Gasteiger partial charge in [0.15, 0.2) is 0 Å². The molecule has 1 fully saturated rings. The van der Waals surface area contributed by atoms with Gasteiger partial charge in [0.2, 0.25) is 11.5 Å². The number of nitrogens with zero attached hydrogens (tertiary/aromatic N) is 3. The van der Waals surface area contributed by atoms with Crippen molar-refractivity contribution >= 4 is 45.9 Å². The Morgan fingerprint density at radius 2 is 1.98 bits per heavy atom. The highest BCUT2D eigenvalue weighted by atomic mass is 35.5. The normalized spacial score (nSPS) is 19.1. The summed E-state index contributed by atoms with van der Waals surface area (Å²) < 4.78 is 57.3. The number of aliphatic hydroxyl groups is 1. The number of hydrogen-bond donors (Lipinski definition) is 3. The number of fused-ring (bicyclic) bond motifs is 2. The van der Waals surface area contributed by atoms with Gasteiger partial charge >= 0.3 is 6.18 Å². The summed E-state index contributed by atoms with van der Waals surface area (Å²) in [5, 5.41) is 18.6. The topological polar surface area (TPSA) is 142 Å². The number of ether oxygens (including phenoxy) is 2. The number of carbonyl (C=O) groups excluding carboxylic acids is 2. The van der Waals surface area contributed by atoms with Gasteiger partial charge in [-0.05, 0) is 44.0 Å². The summed E-state index contributed by atoms with van der Waals surface area (Å²) in [5.74, 6) is -1.57. The molecule has 3 heterocycles. The van der Waals surface area contributed by atoms with E-state index in [1.54, 1.807) is 10.9 Å². The lowest BCUT2D eigenvalue weighted by Crippen LogP contribution is -2.51. The molecule has 236 valence electrons. The first kappa shape index (κ1) is 30.9. The molecule has 2 amide bonds. The van der Waals surface area contributed by atoms with E-state index in [0.717, 1.165) is 18.9 Å². The Kier molecular flexibility index (Phi) is 7.41.